The Morgan fingerprint density at radius 1 is 1.40 bits per heavy atom. The maximum Gasteiger partial charge on any atom is 0.0992 e. The molecule has 1 aromatic carbocycles. The van der Waals surface area contributed by atoms with Gasteiger partial charge in [0, 0.05) is 26.6 Å². The van der Waals surface area contributed by atoms with Crippen LogP contribution < -0.4 is 5.32 Å². The highest BCUT2D eigenvalue weighted by molar-refractivity contribution is 9.10. The number of nitriles is 1. The van der Waals surface area contributed by atoms with Crippen molar-refractivity contribution < 1.29 is 0 Å². The van der Waals surface area contributed by atoms with Gasteiger partial charge in [-0.05, 0) is 34.1 Å². The van der Waals surface area contributed by atoms with Gasteiger partial charge in [-0.15, -0.1) is 11.3 Å². The monoisotopic (exact) mass is 349 g/mol. The molecule has 0 aliphatic heterocycles. The van der Waals surface area contributed by atoms with E-state index in [4.69, 9.17) is 5.26 Å². The zero-order chi connectivity index (χ0) is 14.8. The molecule has 0 saturated carbocycles. The Labute approximate surface area is 131 Å². The summed E-state index contributed by atoms with van der Waals surface area (Å²) in [4.78, 5) is 5.67. The van der Waals surface area contributed by atoms with Crippen LogP contribution in [0, 0.1) is 11.3 Å². The molecular weight excluding hydrogens is 334 g/mol. The quantitative estimate of drug-likeness (QED) is 0.874. The Balaban J connectivity index is 2.06. The van der Waals surface area contributed by atoms with Gasteiger partial charge < -0.3 is 5.32 Å². The number of hydrogen-bond donors (Lipinski definition) is 1. The van der Waals surface area contributed by atoms with E-state index in [1.165, 1.54) is 4.88 Å². The zero-order valence-corrected chi connectivity index (χ0v) is 14.1. The molecule has 2 rings (SSSR count). The van der Waals surface area contributed by atoms with Gasteiger partial charge in [-0.2, -0.15) is 5.26 Å². The molecular formula is C15H16BrN3S. The Morgan fingerprint density at radius 2 is 2.15 bits per heavy atom. The molecule has 1 aromatic heterocycles. The number of anilines is 1. The second-order valence-electron chi connectivity index (χ2n) is 5.54. The summed E-state index contributed by atoms with van der Waals surface area (Å²) in [5.74, 6) is 0. The number of halogens is 1. The average Bonchev–Trinajstić information content (AvgIpc) is 2.86. The predicted molar refractivity (Wildman–Crippen MR) is 87.0 cm³/mol. The maximum atomic E-state index is 8.84. The van der Waals surface area contributed by atoms with Gasteiger partial charge in [0.05, 0.1) is 23.2 Å². The fourth-order valence-electron chi connectivity index (χ4n) is 1.65. The number of aromatic nitrogens is 1. The highest BCUT2D eigenvalue weighted by Crippen LogP contribution is 2.28. The van der Waals surface area contributed by atoms with Crippen molar-refractivity contribution in [3.8, 4) is 6.07 Å². The fraction of sp³-hybridized carbons (Fsp3) is 0.333. The van der Waals surface area contributed by atoms with Crippen molar-refractivity contribution >= 4 is 33.0 Å². The van der Waals surface area contributed by atoms with Crippen molar-refractivity contribution in [2.75, 3.05) is 5.32 Å². The van der Waals surface area contributed by atoms with Gasteiger partial charge in [0.2, 0.25) is 0 Å². The lowest BCUT2D eigenvalue weighted by molar-refractivity contribution is 0.585. The predicted octanol–water partition coefficient (Wildman–Crippen LogP) is 4.69. The largest absolute Gasteiger partial charge is 0.379 e. The molecule has 0 atom stereocenters. The third-order valence-electron chi connectivity index (χ3n) is 2.75. The van der Waals surface area contributed by atoms with Gasteiger partial charge in [0.25, 0.3) is 0 Å². The lowest BCUT2D eigenvalue weighted by Gasteiger charge is -2.13. The molecule has 0 aliphatic carbocycles. The summed E-state index contributed by atoms with van der Waals surface area (Å²) in [5, 5.41) is 13.3. The first-order valence-corrected chi connectivity index (χ1v) is 7.90. The third kappa shape index (κ3) is 3.59. The van der Waals surface area contributed by atoms with E-state index < -0.39 is 0 Å². The number of thiazole rings is 1. The summed E-state index contributed by atoms with van der Waals surface area (Å²) in [6.45, 7) is 7.24. The number of nitrogens with one attached hydrogen (secondary N) is 1. The highest BCUT2D eigenvalue weighted by Gasteiger charge is 2.17. The second kappa shape index (κ2) is 5.94. The molecule has 3 nitrogen and oxygen atoms in total. The smallest absolute Gasteiger partial charge is 0.0992 e. The van der Waals surface area contributed by atoms with Crippen LogP contribution in [0.5, 0.6) is 0 Å². The number of hydrogen-bond acceptors (Lipinski definition) is 4. The number of nitrogens with zero attached hydrogens (tertiary/aromatic N) is 2. The summed E-state index contributed by atoms with van der Waals surface area (Å²) in [5.41, 5.74) is 1.72. The van der Waals surface area contributed by atoms with Crippen LogP contribution in [0.25, 0.3) is 0 Å². The van der Waals surface area contributed by atoms with Crippen LogP contribution in [0.4, 0.5) is 5.69 Å². The van der Waals surface area contributed by atoms with Crippen LogP contribution in [0.3, 0.4) is 0 Å². The van der Waals surface area contributed by atoms with E-state index in [-0.39, 0.29) is 5.41 Å². The lowest BCUT2D eigenvalue weighted by Crippen LogP contribution is -2.09. The van der Waals surface area contributed by atoms with Crippen molar-refractivity contribution in [3.63, 3.8) is 0 Å². The molecule has 0 spiro atoms. The van der Waals surface area contributed by atoms with E-state index in [1.807, 2.05) is 18.3 Å². The van der Waals surface area contributed by atoms with Gasteiger partial charge in [-0.3, -0.25) is 0 Å². The first-order chi connectivity index (χ1) is 9.40. The van der Waals surface area contributed by atoms with Crippen molar-refractivity contribution in [3.05, 3.63) is 44.3 Å². The van der Waals surface area contributed by atoms with E-state index in [9.17, 15) is 0 Å². The fourth-order valence-corrected chi connectivity index (χ4v) is 3.07. The molecule has 20 heavy (non-hydrogen) atoms. The maximum absolute atomic E-state index is 8.84. The first kappa shape index (κ1) is 15.0. The standard InChI is InChI=1S/C15H16BrN3S/c1-15(2,3)14-19-9-11(20-14)8-18-13-5-4-10(7-17)6-12(13)16/h4-6,9,18H,8H2,1-3H3. The number of benzene rings is 1. The van der Waals surface area contributed by atoms with E-state index in [0.29, 0.717) is 5.56 Å². The average molecular weight is 350 g/mol. The Hall–Kier alpha value is -1.38. The number of rotatable bonds is 3. The summed E-state index contributed by atoms with van der Waals surface area (Å²) >= 11 is 5.20. The topological polar surface area (TPSA) is 48.7 Å². The minimum absolute atomic E-state index is 0.0952. The summed E-state index contributed by atoms with van der Waals surface area (Å²) < 4.78 is 0.900. The van der Waals surface area contributed by atoms with Crippen LogP contribution >= 0.6 is 27.3 Å². The lowest BCUT2D eigenvalue weighted by atomic mass is 9.98. The Bertz CT molecular complexity index is 650. The van der Waals surface area contributed by atoms with Crippen LogP contribution in [-0.2, 0) is 12.0 Å². The third-order valence-corrected chi connectivity index (χ3v) is 4.83. The van der Waals surface area contributed by atoms with Crippen LogP contribution in [0.1, 0.15) is 36.2 Å². The zero-order valence-electron chi connectivity index (χ0n) is 11.7. The van der Waals surface area contributed by atoms with Gasteiger partial charge >= 0.3 is 0 Å². The van der Waals surface area contributed by atoms with E-state index in [2.05, 4.69) is 53.1 Å². The van der Waals surface area contributed by atoms with Gasteiger partial charge in [0.15, 0.2) is 0 Å². The van der Waals surface area contributed by atoms with Crippen LogP contribution in [-0.4, -0.2) is 4.98 Å². The van der Waals surface area contributed by atoms with Gasteiger partial charge in [-0.25, -0.2) is 4.98 Å². The van der Waals surface area contributed by atoms with Crippen molar-refractivity contribution in [1.29, 1.82) is 5.26 Å². The second-order valence-corrected chi connectivity index (χ2v) is 7.51. The van der Waals surface area contributed by atoms with E-state index in [0.717, 1.165) is 21.7 Å². The Kier molecular flexibility index (Phi) is 4.46. The van der Waals surface area contributed by atoms with Crippen LogP contribution in [0.15, 0.2) is 28.9 Å². The highest BCUT2D eigenvalue weighted by atomic mass is 79.9. The summed E-state index contributed by atoms with van der Waals surface area (Å²) in [6.07, 6.45) is 1.93. The minimum Gasteiger partial charge on any atom is -0.379 e. The first-order valence-electron chi connectivity index (χ1n) is 6.29. The minimum atomic E-state index is 0.0952. The SMILES string of the molecule is CC(C)(C)c1ncc(CNc2ccc(C#N)cc2Br)s1. The molecule has 5 heteroatoms. The molecule has 1 N–H and O–H groups in total. The molecule has 0 saturated heterocycles. The summed E-state index contributed by atoms with van der Waals surface area (Å²) in [6, 6.07) is 7.66. The molecule has 1 heterocycles. The molecule has 0 amide bonds. The summed E-state index contributed by atoms with van der Waals surface area (Å²) in [7, 11) is 0. The van der Waals surface area contributed by atoms with Crippen molar-refractivity contribution in [1.82, 2.24) is 4.98 Å². The molecule has 0 aliphatic rings. The molecule has 0 radical (unpaired) electrons. The van der Waals surface area contributed by atoms with E-state index >= 15 is 0 Å². The molecule has 0 unspecified atom stereocenters. The Morgan fingerprint density at radius 3 is 2.70 bits per heavy atom. The van der Waals surface area contributed by atoms with Crippen LogP contribution in [0.2, 0.25) is 0 Å². The van der Waals surface area contributed by atoms with Gasteiger partial charge in [0.1, 0.15) is 0 Å². The van der Waals surface area contributed by atoms with E-state index in [1.54, 1.807) is 17.4 Å². The molecule has 0 bridgehead atoms. The molecule has 0 fully saturated rings. The van der Waals surface area contributed by atoms with Crippen molar-refractivity contribution in [2.45, 2.75) is 32.7 Å². The normalized spacial score (nSPS) is 11.2. The van der Waals surface area contributed by atoms with Crippen molar-refractivity contribution in [2.24, 2.45) is 0 Å². The molecule has 2 aromatic rings. The van der Waals surface area contributed by atoms with Gasteiger partial charge in [-0.1, -0.05) is 20.8 Å². The molecule has 104 valence electrons.